The van der Waals surface area contributed by atoms with Crippen molar-refractivity contribution in [2.75, 3.05) is 17.2 Å². The number of anilines is 3. The molecule has 0 aliphatic rings. The van der Waals surface area contributed by atoms with E-state index in [1.54, 1.807) is 0 Å². The van der Waals surface area contributed by atoms with Gasteiger partial charge in [0.05, 0.1) is 0 Å². The van der Waals surface area contributed by atoms with Gasteiger partial charge in [0.2, 0.25) is 0 Å². The van der Waals surface area contributed by atoms with E-state index in [-0.39, 0.29) is 0 Å². The van der Waals surface area contributed by atoms with Gasteiger partial charge < -0.3 is 15.6 Å². The van der Waals surface area contributed by atoms with E-state index in [0.29, 0.717) is 0 Å². The summed E-state index contributed by atoms with van der Waals surface area (Å²) in [6.07, 6.45) is 3.01. The van der Waals surface area contributed by atoms with Crippen molar-refractivity contribution in [1.29, 1.82) is 0 Å². The topological polar surface area (TPSA) is 65.6 Å². The molecule has 0 bridgehead atoms. The summed E-state index contributed by atoms with van der Waals surface area (Å²) in [5.41, 5.74) is 4.72. The molecule has 0 saturated carbocycles. The molecule has 2 aromatic carbocycles. The predicted molar refractivity (Wildman–Crippen MR) is 112 cm³/mol. The minimum atomic E-state index is 0.738. The second kappa shape index (κ2) is 7.50. The molecule has 0 aliphatic heterocycles. The second-order valence-electron chi connectivity index (χ2n) is 6.72. The van der Waals surface area contributed by atoms with Crippen LogP contribution < -0.4 is 10.6 Å². The lowest BCUT2D eigenvalue weighted by molar-refractivity contribution is 0.988. The Bertz CT molecular complexity index is 1070. The van der Waals surface area contributed by atoms with Crippen LogP contribution in [0.5, 0.6) is 0 Å². The Morgan fingerprint density at radius 1 is 0.926 bits per heavy atom. The maximum Gasteiger partial charge on any atom is 0.136 e. The Hall–Kier alpha value is -3.34. The molecule has 0 radical (unpaired) electrons. The van der Waals surface area contributed by atoms with Crippen molar-refractivity contribution in [2.24, 2.45) is 0 Å². The lowest BCUT2D eigenvalue weighted by atomic mass is 10.1. The van der Waals surface area contributed by atoms with Gasteiger partial charge in [-0.25, -0.2) is 9.97 Å². The molecule has 0 aliphatic carbocycles. The van der Waals surface area contributed by atoms with Gasteiger partial charge in [0.1, 0.15) is 17.5 Å². The molecule has 4 aromatic rings. The van der Waals surface area contributed by atoms with Crippen molar-refractivity contribution in [3.05, 3.63) is 77.7 Å². The summed E-state index contributed by atoms with van der Waals surface area (Å²) in [5, 5.41) is 8.06. The van der Waals surface area contributed by atoms with Crippen LogP contribution in [0.25, 0.3) is 10.9 Å². The number of hydrogen-bond donors (Lipinski definition) is 3. The minimum Gasteiger partial charge on any atom is -0.370 e. The van der Waals surface area contributed by atoms with Crippen molar-refractivity contribution >= 4 is 28.2 Å². The fraction of sp³-hybridized carbons (Fsp3) is 0.182. The molecule has 3 N–H and O–H groups in total. The Kier molecular flexibility index (Phi) is 4.75. The lowest BCUT2D eigenvalue weighted by Gasteiger charge is -2.10. The SMILES string of the molecule is Cc1cccc(Nc2cc(NCCc3c[nH]c4ccccc34)nc(C)n2)c1. The molecule has 0 fully saturated rings. The van der Waals surface area contributed by atoms with E-state index >= 15 is 0 Å². The van der Waals surface area contributed by atoms with Crippen molar-refractivity contribution in [3.8, 4) is 0 Å². The lowest BCUT2D eigenvalue weighted by Crippen LogP contribution is -2.08. The van der Waals surface area contributed by atoms with Gasteiger partial charge in [-0.15, -0.1) is 0 Å². The number of para-hydroxylation sites is 1. The van der Waals surface area contributed by atoms with Crippen LogP contribution in [0.2, 0.25) is 0 Å². The number of rotatable bonds is 6. The van der Waals surface area contributed by atoms with Crippen LogP contribution in [0.1, 0.15) is 17.0 Å². The summed E-state index contributed by atoms with van der Waals surface area (Å²) >= 11 is 0. The number of nitrogens with one attached hydrogen (secondary N) is 3. The highest BCUT2D eigenvalue weighted by atomic mass is 15.1. The second-order valence-corrected chi connectivity index (χ2v) is 6.72. The number of nitrogens with zero attached hydrogens (tertiary/aromatic N) is 2. The average Bonchev–Trinajstić information content (AvgIpc) is 3.05. The molecule has 0 amide bonds. The zero-order valence-electron chi connectivity index (χ0n) is 15.6. The summed E-state index contributed by atoms with van der Waals surface area (Å²) in [6, 6.07) is 18.6. The van der Waals surface area contributed by atoms with Crippen molar-refractivity contribution in [1.82, 2.24) is 15.0 Å². The summed E-state index contributed by atoms with van der Waals surface area (Å²) in [4.78, 5) is 12.3. The molecule has 136 valence electrons. The van der Waals surface area contributed by atoms with Gasteiger partial charge in [0.15, 0.2) is 0 Å². The zero-order valence-corrected chi connectivity index (χ0v) is 15.6. The largest absolute Gasteiger partial charge is 0.370 e. The van der Waals surface area contributed by atoms with Gasteiger partial charge in [-0.3, -0.25) is 0 Å². The first kappa shape index (κ1) is 17.1. The van der Waals surface area contributed by atoms with Gasteiger partial charge in [-0.05, 0) is 49.6 Å². The van der Waals surface area contributed by atoms with Gasteiger partial charge >= 0.3 is 0 Å². The Morgan fingerprint density at radius 2 is 1.78 bits per heavy atom. The number of fused-ring (bicyclic) bond motifs is 1. The molecule has 5 heteroatoms. The molecule has 0 atom stereocenters. The number of hydrogen-bond acceptors (Lipinski definition) is 4. The van der Waals surface area contributed by atoms with E-state index < -0.39 is 0 Å². The molecule has 2 aromatic heterocycles. The highest BCUT2D eigenvalue weighted by Gasteiger charge is 2.05. The molecule has 0 unspecified atom stereocenters. The normalized spacial score (nSPS) is 10.9. The molecular weight excluding hydrogens is 334 g/mol. The van der Waals surface area contributed by atoms with Crippen molar-refractivity contribution in [2.45, 2.75) is 20.3 Å². The monoisotopic (exact) mass is 357 g/mol. The molecular formula is C22H23N5. The van der Waals surface area contributed by atoms with Gasteiger partial charge in [0, 0.05) is 35.4 Å². The van der Waals surface area contributed by atoms with E-state index in [1.165, 1.54) is 22.0 Å². The average molecular weight is 357 g/mol. The van der Waals surface area contributed by atoms with E-state index in [9.17, 15) is 0 Å². The van der Waals surface area contributed by atoms with Crippen LogP contribution in [0.15, 0.2) is 60.8 Å². The van der Waals surface area contributed by atoms with Crippen LogP contribution in [0.3, 0.4) is 0 Å². The minimum absolute atomic E-state index is 0.738. The highest BCUT2D eigenvalue weighted by molar-refractivity contribution is 5.83. The van der Waals surface area contributed by atoms with Crippen LogP contribution in [-0.2, 0) is 6.42 Å². The molecule has 2 heterocycles. The predicted octanol–water partition coefficient (Wildman–Crippen LogP) is 4.97. The molecule has 5 nitrogen and oxygen atoms in total. The summed E-state index contributed by atoms with van der Waals surface area (Å²) < 4.78 is 0. The van der Waals surface area contributed by atoms with E-state index in [0.717, 1.165) is 36.1 Å². The molecule has 4 rings (SSSR count). The Morgan fingerprint density at radius 3 is 2.67 bits per heavy atom. The highest BCUT2D eigenvalue weighted by Crippen LogP contribution is 2.20. The van der Waals surface area contributed by atoms with Gasteiger partial charge in [0.25, 0.3) is 0 Å². The van der Waals surface area contributed by atoms with Gasteiger partial charge in [-0.1, -0.05) is 30.3 Å². The Balaban J connectivity index is 1.43. The van der Waals surface area contributed by atoms with Crippen molar-refractivity contribution < 1.29 is 0 Å². The van der Waals surface area contributed by atoms with Crippen LogP contribution in [0.4, 0.5) is 17.3 Å². The summed E-state index contributed by atoms with van der Waals surface area (Å²) in [5.74, 6) is 2.36. The third-order valence-electron chi connectivity index (χ3n) is 4.50. The quantitative estimate of drug-likeness (QED) is 0.456. The smallest absolute Gasteiger partial charge is 0.136 e. The third-order valence-corrected chi connectivity index (χ3v) is 4.50. The van der Waals surface area contributed by atoms with E-state index in [2.05, 4.69) is 69.0 Å². The fourth-order valence-corrected chi connectivity index (χ4v) is 3.26. The Labute approximate surface area is 158 Å². The molecule has 0 saturated heterocycles. The van der Waals surface area contributed by atoms with Crippen LogP contribution in [-0.4, -0.2) is 21.5 Å². The van der Waals surface area contributed by atoms with Crippen LogP contribution >= 0.6 is 0 Å². The third kappa shape index (κ3) is 4.08. The van der Waals surface area contributed by atoms with Crippen molar-refractivity contribution in [3.63, 3.8) is 0 Å². The molecule has 0 spiro atoms. The van der Waals surface area contributed by atoms with E-state index in [4.69, 9.17) is 0 Å². The standard InChI is InChI=1S/C22H23N5/c1-15-6-5-7-18(12-15)27-22-13-21(25-16(2)26-22)23-11-10-17-14-24-20-9-4-3-8-19(17)20/h3-9,12-14,24H,10-11H2,1-2H3,(H2,23,25,26,27). The maximum absolute atomic E-state index is 4.50. The first-order chi connectivity index (χ1) is 13.2. The number of aryl methyl sites for hydroxylation is 2. The number of aromatic nitrogens is 3. The fourth-order valence-electron chi connectivity index (χ4n) is 3.26. The number of H-pyrrole nitrogens is 1. The van der Waals surface area contributed by atoms with Gasteiger partial charge in [-0.2, -0.15) is 0 Å². The molecule has 27 heavy (non-hydrogen) atoms. The number of benzene rings is 2. The van der Waals surface area contributed by atoms with E-state index in [1.807, 2.05) is 31.2 Å². The van der Waals surface area contributed by atoms with Crippen LogP contribution in [0, 0.1) is 13.8 Å². The summed E-state index contributed by atoms with van der Waals surface area (Å²) in [6.45, 7) is 4.79. The first-order valence-electron chi connectivity index (χ1n) is 9.15. The maximum atomic E-state index is 4.50. The zero-order chi connectivity index (χ0) is 18.6. The summed E-state index contributed by atoms with van der Waals surface area (Å²) in [7, 11) is 0. The first-order valence-corrected chi connectivity index (χ1v) is 9.15. The number of aromatic amines is 1.